The lowest BCUT2D eigenvalue weighted by molar-refractivity contribution is 0.539. The van der Waals surface area contributed by atoms with E-state index < -0.39 is 10.0 Å². The first-order valence-electron chi connectivity index (χ1n) is 6.92. The van der Waals surface area contributed by atoms with Gasteiger partial charge in [-0.15, -0.1) is 0 Å². The largest absolute Gasteiger partial charge is 0.256 e. The van der Waals surface area contributed by atoms with E-state index in [1.165, 1.54) is 0 Å². The first-order valence-corrected chi connectivity index (χ1v) is 8.40. The molecule has 1 aromatic carbocycles. The topological polar surface area (TPSA) is 59.1 Å². The molecule has 2 unspecified atom stereocenters. The molecule has 2 atom stereocenters. The van der Waals surface area contributed by atoms with Crippen LogP contribution in [0.15, 0.2) is 41.4 Å². The normalized spacial score (nSPS) is 23.2. The molecule has 1 N–H and O–H groups in total. The van der Waals surface area contributed by atoms with Crippen molar-refractivity contribution in [3.8, 4) is 0 Å². The minimum Gasteiger partial charge on any atom is -0.256 e. The Morgan fingerprint density at radius 2 is 2.05 bits per heavy atom. The smallest absolute Gasteiger partial charge is 0.241 e. The molecule has 0 amide bonds. The van der Waals surface area contributed by atoms with Gasteiger partial charge in [-0.25, -0.2) is 13.1 Å². The number of hydrogen-bond acceptors (Lipinski definition) is 3. The summed E-state index contributed by atoms with van der Waals surface area (Å²) in [5.41, 5.74) is 0.704. The molecule has 1 fully saturated rings. The molecule has 106 valence electrons. The molecule has 5 heteroatoms. The summed E-state index contributed by atoms with van der Waals surface area (Å²) in [6, 6.07) is 8.83. The van der Waals surface area contributed by atoms with Crippen molar-refractivity contribution < 1.29 is 8.42 Å². The highest BCUT2D eigenvalue weighted by molar-refractivity contribution is 7.89. The van der Waals surface area contributed by atoms with Gasteiger partial charge in [0.25, 0.3) is 0 Å². The third kappa shape index (κ3) is 2.55. The van der Waals surface area contributed by atoms with Crippen LogP contribution < -0.4 is 4.72 Å². The zero-order valence-electron chi connectivity index (χ0n) is 11.4. The zero-order chi connectivity index (χ0) is 14.2. The molecule has 1 aromatic heterocycles. The summed E-state index contributed by atoms with van der Waals surface area (Å²) in [6.45, 7) is 2.16. The molecule has 1 heterocycles. The number of pyridine rings is 1. The van der Waals surface area contributed by atoms with E-state index >= 15 is 0 Å². The molecule has 4 nitrogen and oxygen atoms in total. The van der Waals surface area contributed by atoms with Gasteiger partial charge in [0.2, 0.25) is 10.0 Å². The fourth-order valence-corrected chi connectivity index (χ4v) is 4.41. The van der Waals surface area contributed by atoms with Crippen LogP contribution in [0.2, 0.25) is 0 Å². The van der Waals surface area contributed by atoms with Gasteiger partial charge in [0, 0.05) is 17.6 Å². The van der Waals surface area contributed by atoms with Gasteiger partial charge in [0.1, 0.15) is 0 Å². The Morgan fingerprint density at radius 1 is 1.20 bits per heavy atom. The molecule has 0 saturated heterocycles. The zero-order valence-corrected chi connectivity index (χ0v) is 12.2. The van der Waals surface area contributed by atoms with Crippen molar-refractivity contribution in [1.82, 2.24) is 9.71 Å². The second-order valence-corrected chi connectivity index (χ2v) is 7.25. The van der Waals surface area contributed by atoms with Crippen LogP contribution in [0.5, 0.6) is 0 Å². The number of fused-ring (bicyclic) bond motifs is 1. The lowest BCUT2D eigenvalue weighted by Gasteiger charge is -2.14. The van der Waals surface area contributed by atoms with Crippen molar-refractivity contribution in [3.63, 3.8) is 0 Å². The van der Waals surface area contributed by atoms with Gasteiger partial charge in [-0.1, -0.05) is 13.0 Å². The number of benzene rings is 1. The van der Waals surface area contributed by atoms with Crippen LogP contribution in [-0.4, -0.2) is 19.4 Å². The summed E-state index contributed by atoms with van der Waals surface area (Å²) >= 11 is 0. The minimum atomic E-state index is -3.48. The Morgan fingerprint density at radius 3 is 2.80 bits per heavy atom. The van der Waals surface area contributed by atoms with Gasteiger partial charge in [0.05, 0.1) is 10.4 Å². The Hall–Kier alpha value is -1.46. The molecule has 1 saturated carbocycles. The third-order valence-electron chi connectivity index (χ3n) is 3.91. The second kappa shape index (κ2) is 5.14. The maximum absolute atomic E-state index is 12.6. The quantitative estimate of drug-likeness (QED) is 0.945. The van der Waals surface area contributed by atoms with Crippen LogP contribution in [0.3, 0.4) is 0 Å². The van der Waals surface area contributed by atoms with E-state index in [4.69, 9.17) is 0 Å². The molecular weight excluding hydrogens is 272 g/mol. The van der Waals surface area contributed by atoms with Crippen molar-refractivity contribution in [2.24, 2.45) is 5.92 Å². The average Bonchev–Trinajstić information content (AvgIpc) is 2.82. The summed E-state index contributed by atoms with van der Waals surface area (Å²) in [5.74, 6) is 0.594. The highest BCUT2D eigenvalue weighted by Gasteiger charge is 2.27. The number of aromatic nitrogens is 1. The van der Waals surface area contributed by atoms with Crippen molar-refractivity contribution in [2.75, 3.05) is 0 Å². The van der Waals surface area contributed by atoms with E-state index in [0.717, 1.165) is 19.3 Å². The SMILES string of the molecule is CC1CCC(NS(=O)(=O)c2cccc3ncccc23)C1. The second-order valence-electron chi connectivity index (χ2n) is 5.56. The molecule has 2 aromatic rings. The standard InChI is InChI=1S/C15H18N2O2S/c1-11-7-8-12(10-11)17-20(18,19)15-6-2-5-14-13(15)4-3-9-16-14/h2-6,9,11-12,17H,7-8,10H2,1H3. The predicted octanol–water partition coefficient (Wildman–Crippen LogP) is 2.70. The van der Waals surface area contributed by atoms with Crippen LogP contribution in [0, 0.1) is 5.92 Å². The number of rotatable bonds is 3. The lowest BCUT2D eigenvalue weighted by atomic mass is 10.1. The van der Waals surface area contributed by atoms with E-state index in [1.807, 2.05) is 6.07 Å². The van der Waals surface area contributed by atoms with E-state index in [0.29, 0.717) is 21.7 Å². The van der Waals surface area contributed by atoms with Crippen molar-refractivity contribution in [3.05, 3.63) is 36.5 Å². The lowest BCUT2D eigenvalue weighted by Crippen LogP contribution is -2.33. The van der Waals surface area contributed by atoms with Crippen molar-refractivity contribution in [1.29, 1.82) is 0 Å². The molecular formula is C15H18N2O2S. The van der Waals surface area contributed by atoms with Gasteiger partial charge in [-0.05, 0) is 49.4 Å². The molecule has 1 aliphatic carbocycles. The van der Waals surface area contributed by atoms with Crippen molar-refractivity contribution in [2.45, 2.75) is 37.1 Å². The maximum atomic E-state index is 12.6. The highest BCUT2D eigenvalue weighted by atomic mass is 32.2. The first-order chi connectivity index (χ1) is 9.56. The summed E-state index contributed by atoms with van der Waals surface area (Å²) in [7, 11) is -3.48. The Balaban J connectivity index is 1.97. The highest BCUT2D eigenvalue weighted by Crippen LogP contribution is 2.27. The molecule has 3 rings (SSSR count). The predicted molar refractivity (Wildman–Crippen MR) is 78.9 cm³/mol. The van der Waals surface area contributed by atoms with Crippen LogP contribution >= 0.6 is 0 Å². The van der Waals surface area contributed by atoms with Gasteiger partial charge in [-0.2, -0.15) is 0 Å². The summed E-state index contributed by atoms with van der Waals surface area (Å²) in [4.78, 5) is 4.53. The number of nitrogens with one attached hydrogen (secondary N) is 1. The fourth-order valence-electron chi connectivity index (χ4n) is 2.91. The molecule has 20 heavy (non-hydrogen) atoms. The number of sulfonamides is 1. The van der Waals surface area contributed by atoms with Gasteiger partial charge >= 0.3 is 0 Å². The van der Waals surface area contributed by atoms with E-state index in [9.17, 15) is 8.42 Å². The summed E-state index contributed by atoms with van der Waals surface area (Å²) < 4.78 is 28.0. The van der Waals surface area contributed by atoms with Gasteiger partial charge in [-0.3, -0.25) is 4.98 Å². The molecule has 0 spiro atoms. The fraction of sp³-hybridized carbons (Fsp3) is 0.400. The monoisotopic (exact) mass is 290 g/mol. The van der Waals surface area contributed by atoms with E-state index in [1.54, 1.807) is 30.5 Å². The number of nitrogens with zero attached hydrogens (tertiary/aromatic N) is 1. The van der Waals surface area contributed by atoms with E-state index in [2.05, 4.69) is 16.6 Å². The molecule has 0 aliphatic heterocycles. The molecule has 1 aliphatic rings. The van der Waals surface area contributed by atoms with E-state index in [-0.39, 0.29) is 6.04 Å². The third-order valence-corrected chi connectivity index (χ3v) is 5.49. The Labute approximate surface area is 119 Å². The van der Waals surface area contributed by atoms with Gasteiger partial charge < -0.3 is 0 Å². The number of hydrogen-bond donors (Lipinski definition) is 1. The average molecular weight is 290 g/mol. The van der Waals surface area contributed by atoms with Crippen LogP contribution in [0.4, 0.5) is 0 Å². The Kier molecular flexibility index (Phi) is 3.48. The van der Waals surface area contributed by atoms with Crippen LogP contribution in [0.25, 0.3) is 10.9 Å². The summed E-state index contributed by atoms with van der Waals surface area (Å²) in [5, 5.41) is 0.675. The minimum absolute atomic E-state index is 0.0573. The molecule has 0 bridgehead atoms. The summed E-state index contributed by atoms with van der Waals surface area (Å²) in [6.07, 6.45) is 4.60. The van der Waals surface area contributed by atoms with Gasteiger partial charge in [0.15, 0.2) is 0 Å². The van der Waals surface area contributed by atoms with Crippen molar-refractivity contribution >= 4 is 20.9 Å². The molecule has 0 radical (unpaired) electrons. The van der Waals surface area contributed by atoms with Crippen LogP contribution in [0.1, 0.15) is 26.2 Å². The Bertz CT molecular complexity index is 722. The first kappa shape index (κ1) is 13.5. The maximum Gasteiger partial charge on any atom is 0.241 e. The van der Waals surface area contributed by atoms with Crippen LogP contribution in [-0.2, 0) is 10.0 Å².